The van der Waals surface area contributed by atoms with E-state index >= 15 is 0 Å². The second-order valence-electron chi connectivity index (χ2n) is 5.62. The summed E-state index contributed by atoms with van der Waals surface area (Å²) in [5.74, 6) is -0.576. The summed E-state index contributed by atoms with van der Waals surface area (Å²) in [4.78, 5) is 12.2. The van der Waals surface area contributed by atoms with Gasteiger partial charge in [-0.1, -0.05) is 42.5 Å². The second-order valence-corrected chi connectivity index (χ2v) is 5.62. The molecular formula is C19H19N3O3. The van der Waals surface area contributed by atoms with E-state index < -0.39 is 5.91 Å². The average Bonchev–Trinajstić information content (AvgIpc) is 3.05. The Hall–Kier alpha value is -3.12. The standard InChI is InChI=1S/C19H19N3O3/c23-13-15-8-6-14(7-9-15)10-11-20-19(25)18-17(24)12-22(21-18)16-4-2-1-3-5-16/h1-9,12,23-24H,10-11,13H2,(H,20,25). The van der Waals surface area contributed by atoms with Crippen LogP contribution in [0, 0.1) is 0 Å². The van der Waals surface area contributed by atoms with Gasteiger partial charge in [0.25, 0.3) is 5.91 Å². The van der Waals surface area contributed by atoms with E-state index in [0.717, 1.165) is 16.8 Å². The molecule has 0 unspecified atom stereocenters. The minimum Gasteiger partial charge on any atom is -0.504 e. The van der Waals surface area contributed by atoms with Gasteiger partial charge in [-0.2, -0.15) is 5.10 Å². The molecule has 25 heavy (non-hydrogen) atoms. The molecule has 0 atom stereocenters. The fraction of sp³-hybridized carbons (Fsp3) is 0.158. The Morgan fingerprint density at radius 2 is 1.72 bits per heavy atom. The molecule has 0 saturated heterocycles. The topological polar surface area (TPSA) is 87.4 Å². The van der Waals surface area contributed by atoms with Crippen LogP contribution in [0.1, 0.15) is 21.6 Å². The van der Waals surface area contributed by atoms with Crippen LogP contribution in [0.25, 0.3) is 5.69 Å². The first kappa shape index (κ1) is 16.7. The van der Waals surface area contributed by atoms with Crippen molar-refractivity contribution in [3.63, 3.8) is 0 Å². The number of nitrogens with zero attached hydrogens (tertiary/aromatic N) is 2. The van der Waals surface area contributed by atoms with Crippen LogP contribution in [-0.2, 0) is 13.0 Å². The monoisotopic (exact) mass is 337 g/mol. The number of carbonyl (C=O) groups excluding carboxylic acids is 1. The Bertz CT molecular complexity index is 842. The summed E-state index contributed by atoms with van der Waals surface area (Å²) in [6.07, 6.45) is 2.06. The first-order valence-electron chi connectivity index (χ1n) is 7.98. The first-order valence-corrected chi connectivity index (χ1v) is 7.98. The van der Waals surface area contributed by atoms with Gasteiger partial charge in [0, 0.05) is 6.54 Å². The van der Waals surface area contributed by atoms with Crippen molar-refractivity contribution in [1.82, 2.24) is 15.1 Å². The molecule has 128 valence electrons. The molecule has 0 aliphatic carbocycles. The van der Waals surface area contributed by atoms with E-state index in [1.165, 1.54) is 10.9 Å². The third-order valence-corrected chi connectivity index (χ3v) is 3.84. The van der Waals surface area contributed by atoms with Gasteiger partial charge in [0.05, 0.1) is 18.5 Å². The first-order chi connectivity index (χ1) is 12.2. The van der Waals surface area contributed by atoms with Crippen molar-refractivity contribution >= 4 is 5.91 Å². The second kappa shape index (κ2) is 7.63. The van der Waals surface area contributed by atoms with Gasteiger partial charge in [-0.15, -0.1) is 0 Å². The number of nitrogens with one attached hydrogen (secondary N) is 1. The van der Waals surface area contributed by atoms with E-state index in [1.54, 1.807) is 0 Å². The van der Waals surface area contributed by atoms with Gasteiger partial charge >= 0.3 is 0 Å². The summed E-state index contributed by atoms with van der Waals surface area (Å²) in [6, 6.07) is 16.8. The van der Waals surface area contributed by atoms with Crippen molar-refractivity contribution in [2.45, 2.75) is 13.0 Å². The number of benzene rings is 2. The third-order valence-electron chi connectivity index (χ3n) is 3.84. The molecule has 0 aliphatic heterocycles. The number of hydrogen-bond acceptors (Lipinski definition) is 4. The van der Waals surface area contributed by atoms with Gasteiger partial charge in [-0.05, 0) is 29.7 Å². The molecule has 0 saturated carbocycles. The van der Waals surface area contributed by atoms with Crippen LogP contribution in [-0.4, -0.2) is 32.4 Å². The highest BCUT2D eigenvalue weighted by atomic mass is 16.3. The molecule has 1 heterocycles. The molecular weight excluding hydrogens is 318 g/mol. The van der Waals surface area contributed by atoms with Gasteiger partial charge in [-0.25, -0.2) is 4.68 Å². The fourth-order valence-corrected chi connectivity index (χ4v) is 2.45. The van der Waals surface area contributed by atoms with Crippen LogP contribution < -0.4 is 5.32 Å². The molecule has 3 rings (SSSR count). The van der Waals surface area contributed by atoms with Crippen LogP contribution in [0.2, 0.25) is 0 Å². The maximum absolute atomic E-state index is 12.2. The summed E-state index contributed by atoms with van der Waals surface area (Å²) < 4.78 is 1.47. The summed E-state index contributed by atoms with van der Waals surface area (Å²) in [7, 11) is 0. The summed E-state index contributed by atoms with van der Waals surface area (Å²) >= 11 is 0. The maximum Gasteiger partial charge on any atom is 0.275 e. The highest BCUT2D eigenvalue weighted by molar-refractivity contribution is 5.94. The fourth-order valence-electron chi connectivity index (χ4n) is 2.45. The SMILES string of the molecule is O=C(NCCc1ccc(CO)cc1)c1nn(-c2ccccc2)cc1O. The van der Waals surface area contributed by atoms with Crippen LogP contribution >= 0.6 is 0 Å². The molecule has 3 aromatic rings. The molecule has 3 N–H and O–H groups in total. The third kappa shape index (κ3) is 4.05. The lowest BCUT2D eigenvalue weighted by atomic mass is 10.1. The van der Waals surface area contributed by atoms with Gasteiger partial charge in [0.15, 0.2) is 11.4 Å². The Morgan fingerprint density at radius 3 is 2.40 bits per heavy atom. The molecule has 0 radical (unpaired) electrons. The molecule has 1 aromatic heterocycles. The molecule has 2 aromatic carbocycles. The van der Waals surface area contributed by atoms with Crippen molar-refractivity contribution in [1.29, 1.82) is 0 Å². The predicted octanol–water partition coefficient (Wildman–Crippen LogP) is 2.04. The lowest BCUT2D eigenvalue weighted by Crippen LogP contribution is -2.26. The van der Waals surface area contributed by atoms with Crippen molar-refractivity contribution in [3.05, 3.63) is 77.6 Å². The Balaban J connectivity index is 1.60. The minimum atomic E-state index is -0.417. The van der Waals surface area contributed by atoms with Crippen LogP contribution in [0.3, 0.4) is 0 Å². The molecule has 1 amide bonds. The van der Waals surface area contributed by atoms with Crippen LogP contribution in [0.5, 0.6) is 5.75 Å². The number of carbonyl (C=O) groups is 1. The summed E-state index contributed by atoms with van der Waals surface area (Å²) in [6.45, 7) is 0.440. The van der Waals surface area contributed by atoms with Crippen LogP contribution in [0.4, 0.5) is 0 Å². The number of rotatable bonds is 6. The molecule has 0 aliphatic rings. The smallest absolute Gasteiger partial charge is 0.275 e. The number of aromatic hydroxyl groups is 1. The van der Waals surface area contributed by atoms with Crippen molar-refractivity contribution in [2.24, 2.45) is 0 Å². The highest BCUT2D eigenvalue weighted by Crippen LogP contribution is 2.17. The van der Waals surface area contributed by atoms with Gasteiger partial charge in [-0.3, -0.25) is 4.79 Å². The molecule has 6 heteroatoms. The van der Waals surface area contributed by atoms with Gasteiger partial charge in [0.2, 0.25) is 0 Å². The number of para-hydroxylation sites is 1. The molecule has 0 bridgehead atoms. The number of aliphatic hydroxyl groups excluding tert-OH is 1. The predicted molar refractivity (Wildman–Crippen MR) is 93.6 cm³/mol. The number of aliphatic hydroxyl groups is 1. The van der Waals surface area contributed by atoms with E-state index in [4.69, 9.17) is 5.11 Å². The van der Waals surface area contributed by atoms with Gasteiger partial charge in [0.1, 0.15) is 0 Å². The summed E-state index contributed by atoms with van der Waals surface area (Å²) in [5, 5.41) is 25.9. The van der Waals surface area contributed by atoms with Crippen molar-refractivity contribution in [3.8, 4) is 11.4 Å². The minimum absolute atomic E-state index is 0.000480. The Morgan fingerprint density at radius 1 is 1.04 bits per heavy atom. The Kier molecular flexibility index (Phi) is 5.11. The number of hydrogen-bond donors (Lipinski definition) is 3. The number of aromatic nitrogens is 2. The van der Waals surface area contributed by atoms with Gasteiger partial charge < -0.3 is 15.5 Å². The van der Waals surface area contributed by atoms with Crippen molar-refractivity contribution in [2.75, 3.05) is 6.54 Å². The lowest BCUT2D eigenvalue weighted by Gasteiger charge is -2.05. The normalized spacial score (nSPS) is 10.6. The van der Waals surface area contributed by atoms with E-state index in [0.29, 0.717) is 13.0 Å². The largest absolute Gasteiger partial charge is 0.504 e. The Labute approximate surface area is 145 Å². The quantitative estimate of drug-likeness (QED) is 0.642. The zero-order chi connectivity index (χ0) is 17.6. The highest BCUT2D eigenvalue weighted by Gasteiger charge is 2.16. The molecule has 0 spiro atoms. The lowest BCUT2D eigenvalue weighted by molar-refractivity contribution is 0.0946. The maximum atomic E-state index is 12.2. The van der Waals surface area contributed by atoms with E-state index in [-0.39, 0.29) is 18.1 Å². The van der Waals surface area contributed by atoms with E-state index in [9.17, 15) is 9.90 Å². The molecule has 0 fully saturated rings. The number of amides is 1. The van der Waals surface area contributed by atoms with Crippen molar-refractivity contribution < 1.29 is 15.0 Å². The summed E-state index contributed by atoms with van der Waals surface area (Å²) in [5.41, 5.74) is 2.67. The van der Waals surface area contributed by atoms with E-state index in [2.05, 4.69) is 10.4 Å². The molecule has 6 nitrogen and oxygen atoms in total. The average molecular weight is 337 g/mol. The zero-order valence-electron chi connectivity index (χ0n) is 13.6. The van der Waals surface area contributed by atoms with Crippen LogP contribution in [0.15, 0.2) is 60.8 Å². The zero-order valence-corrected chi connectivity index (χ0v) is 13.6. The van der Waals surface area contributed by atoms with E-state index in [1.807, 2.05) is 54.6 Å².